The van der Waals surface area contributed by atoms with E-state index in [0.717, 1.165) is 9.78 Å². The Morgan fingerprint density at radius 1 is 1.09 bits per heavy atom. The summed E-state index contributed by atoms with van der Waals surface area (Å²) in [4.78, 5) is 37.4. The molecule has 6 heteroatoms. The molecule has 0 fully saturated rings. The second kappa shape index (κ2) is 5.57. The van der Waals surface area contributed by atoms with E-state index in [9.17, 15) is 14.4 Å². The molecular formula is C16H11NO4S. The van der Waals surface area contributed by atoms with Crippen LogP contribution < -0.4 is 0 Å². The number of carboxylic acid groups (broad SMARTS) is 1. The Bertz CT molecular complexity index is 792. The molecule has 2 heterocycles. The zero-order valence-electron chi connectivity index (χ0n) is 11.4. The number of thiophene rings is 1. The first-order valence-electron chi connectivity index (χ1n) is 6.50. The lowest BCUT2D eigenvalue weighted by Crippen LogP contribution is -2.44. The number of carbonyl (C=O) groups is 3. The van der Waals surface area contributed by atoms with Crippen LogP contribution in [0.4, 0.5) is 0 Å². The highest BCUT2D eigenvalue weighted by Gasteiger charge is 2.35. The Morgan fingerprint density at radius 3 is 2.45 bits per heavy atom. The predicted molar refractivity (Wildman–Crippen MR) is 82.3 cm³/mol. The molecule has 1 aliphatic heterocycles. The number of nitrogens with zero attached hydrogens (tertiary/aromatic N) is 1. The minimum atomic E-state index is -1.23. The van der Waals surface area contributed by atoms with E-state index in [0.29, 0.717) is 16.7 Å². The molecule has 0 saturated carbocycles. The number of rotatable bonds is 3. The molecule has 0 atom stereocenters. The van der Waals surface area contributed by atoms with Gasteiger partial charge in [0.25, 0.3) is 11.8 Å². The fourth-order valence-electron chi connectivity index (χ4n) is 2.34. The molecule has 3 rings (SSSR count). The van der Waals surface area contributed by atoms with E-state index >= 15 is 0 Å². The first kappa shape index (κ1) is 14.2. The van der Waals surface area contributed by atoms with Gasteiger partial charge in [0.05, 0.1) is 0 Å². The Hall–Kier alpha value is -2.73. The van der Waals surface area contributed by atoms with Crippen molar-refractivity contribution >= 4 is 40.8 Å². The SMILES string of the molecule is O=C(O)CN1C(=O)/C(=C\c2cccs2)c2ccccc2C1=O. The monoisotopic (exact) mass is 313 g/mol. The van der Waals surface area contributed by atoms with Crippen molar-refractivity contribution in [3.8, 4) is 0 Å². The predicted octanol–water partition coefficient (Wildman–Crippen LogP) is 2.36. The molecule has 2 aromatic rings. The summed E-state index contributed by atoms with van der Waals surface area (Å²) in [6, 6.07) is 10.4. The van der Waals surface area contributed by atoms with Gasteiger partial charge in [0.15, 0.2) is 0 Å². The summed E-state index contributed by atoms with van der Waals surface area (Å²) in [5.74, 6) is -2.39. The minimum absolute atomic E-state index is 0.332. The van der Waals surface area contributed by atoms with Crippen molar-refractivity contribution < 1.29 is 19.5 Å². The summed E-state index contributed by atoms with van der Waals surface area (Å²) in [6.07, 6.45) is 1.69. The second-order valence-corrected chi connectivity index (χ2v) is 5.69. The number of aliphatic carboxylic acids is 1. The Kier molecular flexibility index (Phi) is 3.60. The highest BCUT2D eigenvalue weighted by molar-refractivity contribution is 7.11. The molecule has 1 aliphatic rings. The fraction of sp³-hybridized carbons (Fsp3) is 0.0625. The van der Waals surface area contributed by atoms with Crippen LogP contribution in [0.2, 0.25) is 0 Å². The van der Waals surface area contributed by atoms with Crippen molar-refractivity contribution in [3.05, 3.63) is 57.8 Å². The maximum absolute atomic E-state index is 12.5. The summed E-state index contributed by atoms with van der Waals surface area (Å²) < 4.78 is 0. The van der Waals surface area contributed by atoms with Gasteiger partial charge in [0, 0.05) is 16.0 Å². The molecule has 2 amide bonds. The van der Waals surface area contributed by atoms with Gasteiger partial charge < -0.3 is 5.11 Å². The van der Waals surface area contributed by atoms with E-state index in [1.807, 2.05) is 17.5 Å². The first-order chi connectivity index (χ1) is 10.6. The molecule has 5 nitrogen and oxygen atoms in total. The smallest absolute Gasteiger partial charge is 0.323 e. The average Bonchev–Trinajstić information content (AvgIpc) is 3.01. The van der Waals surface area contributed by atoms with E-state index in [1.54, 1.807) is 30.3 Å². The number of carbonyl (C=O) groups excluding carboxylic acids is 2. The van der Waals surface area contributed by atoms with Gasteiger partial charge in [-0.05, 0) is 29.2 Å². The molecule has 110 valence electrons. The molecule has 0 saturated heterocycles. The van der Waals surface area contributed by atoms with Crippen LogP contribution in [-0.4, -0.2) is 34.3 Å². The molecule has 0 spiro atoms. The zero-order chi connectivity index (χ0) is 15.7. The number of imide groups is 1. The van der Waals surface area contributed by atoms with Crippen molar-refractivity contribution in [1.29, 1.82) is 0 Å². The Balaban J connectivity index is 2.15. The van der Waals surface area contributed by atoms with Crippen molar-refractivity contribution in [1.82, 2.24) is 4.90 Å². The summed E-state index contributed by atoms with van der Waals surface area (Å²) in [6.45, 7) is -0.645. The molecular weight excluding hydrogens is 302 g/mol. The largest absolute Gasteiger partial charge is 0.480 e. The van der Waals surface area contributed by atoms with E-state index < -0.39 is 24.3 Å². The number of fused-ring (bicyclic) bond motifs is 1. The standard InChI is InChI=1S/C16H11NO4S/c18-14(19)9-17-15(20)12-6-2-1-5-11(12)13(16(17)21)8-10-4-3-7-22-10/h1-8H,9H2,(H,18,19)/b13-8-. The van der Waals surface area contributed by atoms with Gasteiger partial charge in [-0.3, -0.25) is 19.3 Å². The highest BCUT2D eigenvalue weighted by atomic mass is 32.1. The minimum Gasteiger partial charge on any atom is -0.480 e. The quantitative estimate of drug-likeness (QED) is 0.697. The average molecular weight is 313 g/mol. The molecule has 0 bridgehead atoms. The van der Waals surface area contributed by atoms with Crippen molar-refractivity contribution in [2.75, 3.05) is 6.54 Å². The van der Waals surface area contributed by atoms with E-state index in [2.05, 4.69) is 0 Å². The van der Waals surface area contributed by atoms with Gasteiger partial charge in [-0.1, -0.05) is 24.3 Å². The normalized spacial score (nSPS) is 16.0. The van der Waals surface area contributed by atoms with E-state index in [4.69, 9.17) is 5.11 Å². The maximum Gasteiger partial charge on any atom is 0.323 e. The van der Waals surface area contributed by atoms with E-state index in [-0.39, 0.29) is 0 Å². The third-order valence-corrected chi connectivity index (χ3v) is 4.11. The van der Waals surface area contributed by atoms with Crippen molar-refractivity contribution in [2.45, 2.75) is 0 Å². The third kappa shape index (κ3) is 2.44. The molecule has 1 aromatic carbocycles. The Morgan fingerprint density at radius 2 is 1.82 bits per heavy atom. The topological polar surface area (TPSA) is 74.7 Å². The summed E-state index contributed by atoms with van der Waals surface area (Å²) >= 11 is 1.46. The van der Waals surface area contributed by atoms with Crippen LogP contribution in [0.1, 0.15) is 20.8 Å². The number of hydrogen-bond acceptors (Lipinski definition) is 4. The van der Waals surface area contributed by atoms with Crippen LogP contribution in [0, 0.1) is 0 Å². The Labute approximate surface area is 130 Å². The lowest BCUT2D eigenvalue weighted by atomic mass is 9.93. The molecule has 0 unspecified atom stereocenters. The van der Waals surface area contributed by atoms with Crippen LogP contribution in [0.15, 0.2) is 41.8 Å². The number of benzene rings is 1. The summed E-state index contributed by atoms with van der Waals surface area (Å²) in [5.41, 5.74) is 1.21. The number of amides is 2. The summed E-state index contributed by atoms with van der Waals surface area (Å²) in [7, 11) is 0. The molecule has 1 N–H and O–H groups in total. The molecule has 1 aromatic heterocycles. The van der Waals surface area contributed by atoms with Crippen LogP contribution in [0.3, 0.4) is 0 Å². The zero-order valence-corrected chi connectivity index (χ0v) is 12.2. The van der Waals surface area contributed by atoms with Crippen molar-refractivity contribution in [2.24, 2.45) is 0 Å². The van der Waals surface area contributed by atoms with Crippen LogP contribution in [0.5, 0.6) is 0 Å². The van der Waals surface area contributed by atoms with Crippen molar-refractivity contribution in [3.63, 3.8) is 0 Å². The van der Waals surface area contributed by atoms with Crippen LogP contribution in [0.25, 0.3) is 11.6 Å². The fourth-order valence-corrected chi connectivity index (χ4v) is 2.99. The van der Waals surface area contributed by atoms with Gasteiger partial charge in [-0.15, -0.1) is 11.3 Å². The van der Waals surface area contributed by atoms with Gasteiger partial charge in [-0.25, -0.2) is 0 Å². The van der Waals surface area contributed by atoms with Crippen LogP contribution >= 0.6 is 11.3 Å². The lowest BCUT2D eigenvalue weighted by molar-refractivity contribution is -0.141. The second-order valence-electron chi connectivity index (χ2n) is 4.71. The third-order valence-electron chi connectivity index (χ3n) is 3.29. The van der Waals surface area contributed by atoms with Gasteiger partial charge in [-0.2, -0.15) is 0 Å². The van der Waals surface area contributed by atoms with Gasteiger partial charge in [0.1, 0.15) is 6.54 Å². The molecule has 0 radical (unpaired) electrons. The van der Waals surface area contributed by atoms with Gasteiger partial charge >= 0.3 is 5.97 Å². The molecule has 0 aliphatic carbocycles. The maximum atomic E-state index is 12.5. The van der Waals surface area contributed by atoms with E-state index in [1.165, 1.54) is 11.3 Å². The summed E-state index contributed by atoms with van der Waals surface area (Å²) in [5, 5.41) is 10.8. The first-order valence-corrected chi connectivity index (χ1v) is 7.38. The highest BCUT2D eigenvalue weighted by Crippen LogP contribution is 2.30. The number of carboxylic acids is 1. The molecule has 22 heavy (non-hydrogen) atoms. The van der Waals surface area contributed by atoms with Crippen LogP contribution in [-0.2, 0) is 9.59 Å². The number of hydrogen-bond donors (Lipinski definition) is 1. The van der Waals surface area contributed by atoms with Gasteiger partial charge in [0.2, 0.25) is 0 Å². The lowest BCUT2D eigenvalue weighted by Gasteiger charge is -2.27.